The SMILES string of the molecule is COc1ccc(Br)cc1[C@@H]1[C@]2(C#N)C(N)=NC(OC)(OC)[C@]12C#N. The summed E-state index contributed by atoms with van der Waals surface area (Å²) in [7, 11) is 4.28. The van der Waals surface area contributed by atoms with E-state index in [-0.39, 0.29) is 5.84 Å². The monoisotopic (exact) mass is 390 g/mol. The molecule has 3 rings (SSSR count). The van der Waals surface area contributed by atoms with Gasteiger partial charge in [-0.3, -0.25) is 0 Å². The normalized spacial score (nSPS) is 32.2. The Morgan fingerprint density at radius 2 is 1.88 bits per heavy atom. The van der Waals surface area contributed by atoms with E-state index in [0.29, 0.717) is 11.3 Å². The van der Waals surface area contributed by atoms with Gasteiger partial charge in [0.1, 0.15) is 17.0 Å². The third-order valence-electron chi connectivity index (χ3n) is 4.98. The quantitative estimate of drug-likeness (QED) is 0.785. The first kappa shape index (κ1) is 16.7. The predicted octanol–water partition coefficient (Wildman–Crippen LogP) is 1.89. The van der Waals surface area contributed by atoms with E-state index < -0.39 is 22.7 Å². The lowest BCUT2D eigenvalue weighted by Gasteiger charge is -2.29. The molecule has 3 atom stereocenters. The zero-order valence-corrected chi connectivity index (χ0v) is 14.9. The van der Waals surface area contributed by atoms with Crippen molar-refractivity contribution in [2.24, 2.45) is 21.6 Å². The highest BCUT2D eigenvalue weighted by atomic mass is 79.9. The van der Waals surface area contributed by atoms with Gasteiger partial charge in [-0.15, -0.1) is 0 Å². The maximum atomic E-state index is 10.0. The maximum Gasteiger partial charge on any atom is 0.292 e. The second-order valence-corrected chi connectivity index (χ2v) is 6.56. The molecule has 8 heteroatoms. The van der Waals surface area contributed by atoms with Gasteiger partial charge in [-0.1, -0.05) is 15.9 Å². The van der Waals surface area contributed by atoms with Crippen LogP contribution in [0.15, 0.2) is 27.7 Å². The molecule has 1 heterocycles. The first-order valence-electron chi connectivity index (χ1n) is 7.06. The molecule has 0 unspecified atom stereocenters. The van der Waals surface area contributed by atoms with Crippen LogP contribution in [0, 0.1) is 33.5 Å². The van der Waals surface area contributed by atoms with Gasteiger partial charge in [0.25, 0.3) is 5.91 Å². The molecule has 24 heavy (non-hydrogen) atoms. The summed E-state index contributed by atoms with van der Waals surface area (Å²) in [5.74, 6) is -1.65. The standard InChI is InChI=1S/C16H15BrN4O3/c1-22-11-5-4-9(17)6-10(11)12-14(7-18)13(20)21-16(23-2,24-3)15(12,14)8-19/h4-6,12H,1-3H3,(H2,20,21)/t12-,14-,15-/m1/s1. The van der Waals surface area contributed by atoms with E-state index >= 15 is 0 Å². The second-order valence-electron chi connectivity index (χ2n) is 5.65. The summed E-state index contributed by atoms with van der Waals surface area (Å²) in [5.41, 5.74) is 4.02. The van der Waals surface area contributed by atoms with Gasteiger partial charge in [-0.25, -0.2) is 4.99 Å². The number of nitriles is 2. The molecule has 1 aromatic rings. The van der Waals surface area contributed by atoms with Crippen LogP contribution in [0.2, 0.25) is 0 Å². The van der Waals surface area contributed by atoms with E-state index in [2.05, 4.69) is 33.1 Å². The Hall–Kier alpha value is -2.13. The van der Waals surface area contributed by atoms with Crippen LogP contribution in [-0.4, -0.2) is 33.1 Å². The molecule has 7 nitrogen and oxygen atoms in total. The van der Waals surface area contributed by atoms with Crippen molar-refractivity contribution < 1.29 is 14.2 Å². The first-order chi connectivity index (χ1) is 11.4. The third-order valence-corrected chi connectivity index (χ3v) is 5.48. The number of aliphatic imine (C=N–C) groups is 1. The molecule has 124 valence electrons. The lowest BCUT2D eigenvalue weighted by molar-refractivity contribution is -0.230. The smallest absolute Gasteiger partial charge is 0.292 e. The van der Waals surface area contributed by atoms with Crippen LogP contribution in [0.25, 0.3) is 0 Å². The first-order valence-corrected chi connectivity index (χ1v) is 7.86. The van der Waals surface area contributed by atoms with Crippen molar-refractivity contribution in [3.8, 4) is 17.9 Å². The molecule has 2 aliphatic rings. The van der Waals surface area contributed by atoms with Crippen LogP contribution in [0.5, 0.6) is 5.75 Å². The van der Waals surface area contributed by atoms with Gasteiger partial charge in [0.05, 0.1) is 19.2 Å². The van der Waals surface area contributed by atoms with Crippen LogP contribution in [0.3, 0.4) is 0 Å². The van der Waals surface area contributed by atoms with Gasteiger partial charge >= 0.3 is 0 Å². The minimum atomic E-state index is -1.64. The van der Waals surface area contributed by atoms with E-state index in [1.54, 1.807) is 6.07 Å². The molecule has 1 aliphatic carbocycles. The molecular weight excluding hydrogens is 376 g/mol. The average Bonchev–Trinajstić information content (AvgIpc) is 3.17. The Kier molecular flexibility index (Phi) is 3.61. The van der Waals surface area contributed by atoms with Gasteiger partial charge in [0.2, 0.25) is 0 Å². The van der Waals surface area contributed by atoms with Crippen molar-refractivity contribution in [3.63, 3.8) is 0 Å². The largest absolute Gasteiger partial charge is 0.496 e. The fourth-order valence-corrected chi connectivity index (χ4v) is 4.30. The van der Waals surface area contributed by atoms with Crippen LogP contribution in [0.4, 0.5) is 0 Å². The van der Waals surface area contributed by atoms with Crippen molar-refractivity contribution in [2.45, 2.75) is 11.8 Å². The summed E-state index contributed by atoms with van der Waals surface area (Å²) >= 11 is 3.41. The molecule has 1 aromatic carbocycles. The number of amidine groups is 1. The molecule has 0 bridgehead atoms. The highest BCUT2D eigenvalue weighted by molar-refractivity contribution is 9.10. The minimum absolute atomic E-state index is 0.0299. The van der Waals surface area contributed by atoms with Gasteiger partial charge < -0.3 is 19.9 Å². The van der Waals surface area contributed by atoms with E-state index in [0.717, 1.165) is 4.47 Å². The minimum Gasteiger partial charge on any atom is -0.496 e. The lowest BCUT2D eigenvalue weighted by atomic mass is 9.93. The summed E-state index contributed by atoms with van der Waals surface area (Å²) < 4.78 is 17.1. The number of rotatable bonds is 4. The van der Waals surface area contributed by atoms with Crippen LogP contribution in [-0.2, 0) is 9.47 Å². The Bertz CT molecular complexity index is 824. The Morgan fingerprint density at radius 3 is 2.38 bits per heavy atom. The Labute approximate surface area is 147 Å². The number of benzene rings is 1. The van der Waals surface area contributed by atoms with Gasteiger partial charge in [0.15, 0.2) is 5.41 Å². The van der Waals surface area contributed by atoms with Crippen molar-refractivity contribution in [1.82, 2.24) is 0 Å². The van der Waals surface area contributed by atoms with Crippen molar-refractivity contribution >= 4 is 21.8 Å². The summed E-state index contributed by atoms with van der Waals surface area (Å²) in [4.78, 5) is 4.18. The Morgan fingerprint density at radius 1 is 1.21 bits per heavy atom. The van der Waals surface area contributed by atoms with Gasteiger partial charge in [0, 0.05) is 30.2 Å². The molecule has 2 N–H and O–H groups in total. The fourth-order valence-electron chi connectivity index (χ4n) is 3.92. The van der Waals surface area contributed by atoms with E-state index in [4.69, 9.17) is 19.9 Å². The molecule has 1 aliphatic heterocycles. The molecule has 1 fully saturated rings. The topological polar surface area (TPSA) is 114 Å². The molecule has 0 saturated heterocycles. The average molecular weight is 391 g/mol. The van der Waals surface area contributed by atoms with Crippen LogP contribution < -0.4 is 10.5 Å². The van der Waals surface area contributed by atoms with Gasteiger partial charge in [-0.2, -0.15) is 10.5 Å². The van der Waals surface area contributed by atoms with E-state index in [1.165, 1.54) is 21.3 Å². The third kappa shape index (κ3) is 1.54. The van der Waals surface area contributed by atoms with Crippen molar-refractivity contribution in [2.75, 3.05) is 21.3 Å². The molecule has 0 radical (unpaired) electrons. The lowest BCUT2D eigenvalue weighted by Crippen LogP contribution is -2.41. The number of methoxy groups -OCH3 is 3. The number of hydrogen-bond acceptors (Lipinski definition) is 7. The molecule has 0 aromatic heterocycles. The van der Waals surface area contributed by atoms with Crippen molar-refractivity contribution in [1.29, 1.82) is 10.5 Å². The molecular formula is C16H15BrN4O3. The number of ether oxygens (including phenoxy) is 3. The van der Waals surface area contributed by atoms with Gasteiger partial charge in [-0.05, 0) is 18.2 Å². The predicted molar refractivity (Wildman–Crippen MR) is 87.9 cm³/mol. The van der Waals surface area contributed by atoms with Crippen LogP contribution in [0.1, 0.15) is 11.5 Å². The number of fused-ring (bicyclic) bond motifs is 1. The summed E-state index contributed by atoms with van der Waals surface area (Å²) in [6, 6.07) is 9.79. The zero-order chi connectivity index (χ0) is 17.8. The number of halogens is 1. The number of hydrogen-bond donors (Lipinski definition) is 1. The van der Waals surface area contributed by atoms with E-state index in [1.807, 2.05) is 12.1 Å². The summed E-state index contributed by atoms with van der Waals surface area (Å²) in [6.07, 6.45) is 0. The highest BCUT2D eigenvalue weighted by Crippen LogP contribution is 2.82. The van der Waals surface area contributed by atoms with Crippen molar-refractivity contribution in [3.05, 3.63) is 28.2 Å². The van der Waals surface area contributed by atoms with E-state index in [9.17, 15) is 10.5 Å². The summed E-state index contributed by atoms with van der Waals surface area (Å²) in [6.45, 7) is 0. The highest BCUT2D eigenvalue weighted by Gasteiger charge is 2.93. The molecule has 1 saturated carbocycles. The Balaban J connectivity index is 2.30. The fraction of sp³-hybridized carbons (Fsp3) is 0.438. The summed E-state index contributed by atoms with van der Waals surface area (Å²) in [5, 5.41) is 19.9. The molecule has 0 spiro atoms. The number of nitrogens with zero attached hydrogens (tertiary/aromatic N) is 3. The second kappa shape index (κ2) is 5.18. The molecule has 0 amide bonds. The van der Waals surface area contributed by atoms with Crippen LogP contribution >= 0.6 is 15.9 Å². The maximum absolute atomic E-state index is 10.0. The zero-order valence-electron chi connectivity index (χ0n) is 13.3. The number of nitrogens with two attached hydrogens (primary N) is 1.